The molecule has 1 heterocycles. The Hall–Kier alpha value is -2.47. The lowest BCUT2D eigenvalue weighted by molar-refractivity contribution is -0.384. The summed E-state index contributed by atoms with van der Waals surface area (Å²) in [5.74, 6) is 0.636. The van der Waals surface area contributed by atoms with Gasteiger partial charge in [-0.1, -0.05) is 0 Å². The van der Waals surface area contributed by atoms with Crippen LogP contribution in [0.4, 0.5) is 5.69 Å². The maximum absolute atomic E-state index is 10.8. The Morgan fingerprint density at radius 1 is 1.33 bits per heavy atom. The van der Waals surface area contributed by atoms with Gasteiger partial charge in [-0.05, 0) is 31.7 Å². The smallest absolute Gasteiger partial charge is 0.270 e. The van der Waals surface area contributed by atoms with E-state index in [1.165, 1.54) is 12.1 Å². The van der Waals surface area contributed by atoms with Crippen LogP contribution in [0.3, 0.4) is 0 Å². The number of nitro groups is 1. The Morgan fingerprint density at radius 3 is 2.81 bits per heavy atom. The van der Waals surface area contributed by atoms with Crippen LogP contribution in [0.2, 0.25) is 0 Å². The number of nitro benzene ring substituents is 1. The van der Waals surface area contributed by atoms with Crippen LogP contribution in [0.15, 0.2) is 36.7 Å². The molecule has 21 heavy (non-hydrogen) atoms. The number of hydrogen-bond donors (Lipinski definition) is 1. The highest BCUT2D eigenvalue weighted by molar-refractivity contribution is 5.43. The fraction of sp³-hybridized carbons (Fsp3) is 0.267. The van der Waals surface area contributed by atoms with E-state index in [0.29, 0.717) is 18.9 Å². The topological polar surface area (TPSA) is 77.3 Å². The third-order valence-electron chi connectivity index (χ3n) is 2.95. The zero-order valence-electron chi connectivity index (χ0n) is 12.0. The van der Waals surface area contributed by atoms with Crippen LogP contribution in [-0.4, -0.2) is 17.0 Å². The lowest BCUT2D eigenvalue weighted by Crippen LogP contribution is -2.08. The molecule has 0 radical (unpaired) electrons. The third kappa shape index (κ3) is 4.00. The summed E-state index contributed by atoms with van der Waals surface area (Å²) >= 11 is 0. The van der Waals surface area contributed by atoms with E-state index in [2.05, 4.69) is 10.3 Å². The average Bonchev–Trinajstić information content (AvgIpc) is 2.46. The van der Waals surface area contributed by atoms with Gasteiger partial charge in [0.15, 0.2) is 0 Å². The molecule has 110 valence electrons. The van der Waals surface area contributed by atoms with E-state index < -0.39 is 4.92 Å². The molecule has 0 fully saturated rings. The van der Waals surface area contributed by atoms with Crippen LogP contribution >= 0.6 is 0 Å². The Morgan fingerprint density at radius 2 is 2.14 bits per heavy atom. The SMILES string of the molecule is CNCc1cc([N+](=O)[O-])ccc1OCc1cncc(C)c1. The predicted octanol–water partition coefficient (Wildman–Crippen LogP) is 2.60. The van der Waals surface area contributed by atoms with Crippen molar-refractivity contribution in [3.8, 4) is 5.75 Å². The summed E-state index contributed by atoms with van der Waals surface area (Å²) in [7, 11) is 1.78. The van der Waals surface area contributed by atoms with E-state index in [0.717, 1.165) is 16.7 Å². The summed E-state index contributed by atoms with van der Waals surface area (Å²) < 4.78 is 5.76. The highest BCUT2D eigenvalue weighted by Crippen LogP contribution is 2.25. The monoisotopic (exact) mass is 287 g/mol. The quantitative estimate of drug-likeness (QED) is 0.652. The molecule has 1 aromatic heterocycles. The maximum Gasteiger partial charge on any atom is 0.270 e. The second-order valence-electron chi connectivity index (χ2n) is 4.74. The van der Waals surface area contributed by atoms with Crippen LogP contribution in [-0.2, 0) is 13.2 Å². The zero-order valence-corrected chi connectivity index (χ0v) is 12.0. The molecule has 0 spiro atoms. The van der Waals surface area contributed by atoms with Gasteiger partial charge >= 0.3 is 0 Å². The number of nitrogens with one attached hydrogen (secondary N) is 1. The predicted molar refractivity (Wildman–Crippen MR) is 79.2 cm³/mol. The number of aromatic nitrogens is 1. The Kier molecular flexibility index (Phi) is 4.84. The number of hydrogen-bond acceptors (Lipinski definition) is 5. The first-order valence-corrected chi connectivity index (χ1v) is 6.55. The summed E-state index contributed by atoms with van der Waals surface area (Å²) in [5, 5.41) is 13.8. The van der Waals surface area contributed by atoms with Gasteiger partial charge in [0.1, 0.15) is 12.4 Å². The van der Waals surface area contributed by atoms with Crippen LogP contribution in [0.25, 0.3) is 0 Å². The van der Waals surface area contributed by atoms with Crippen molar-refractivity contribution in [1.82, 2.24) is 10.3 Å². The van der Waals surface area contributed by atoms with Crippen molar-refractivity contribution in [1.29, 1.82) is 0 Å². The van der Waals surface area contributed by atoms with Gasteiger partial charge in [0, 0.05) is 42.2 Å². The fourth-order valence-electron chi connectivity index (χ4n) is 2.01. The van der Waals surface area contributed by atoms with Crippen molar-refractivity contribution in [3.05, 3.63) is 63.5 Å². The minimum Gasteiger partial charge on any atom is -0.489 e. The number of benzene rings is 1. The van der Waals surface area contributed by atoms with Crippen molar-refractivity contribution < 1.29 is 9.66 Å². The van der Waals surface area contributed by atoms with Crippen LogP contribution in [0.5, 0.6) is 5.75 Å². The second kappa shape index (κ2) is 6.81. The molecule has 6 nitrogen and oxygen atoms in total. The Labute approximate surface area is 122 Å². The number of nitrogens with zero attached hydrogens (tertiary/aromatic N) is 2. The fourth-order valence-corrected chi connectivity index (χ4v) is 2.01. The molecule has 0 atom stereocenters. The zero-order chi connectivity index (χ0) is 15.2. The molecule has 0 amide bonds. The average molecular weight is 287 g/mol. The first-order chi connectivity index (χ1) is 10.1. The molecule has 0 unspecified atom stereocenters. The van der Waals surface area contributed by atoms with Gasteiger partial charge in [0.2, 0.25) is 0 Å². The minimum atomic E-state index is -0.409. The van der Waals surface area contributed by atoms with Crippen LogP contribution in [0.1, 0.15) is 16.7 Å². The lowest BCUT2D eigenvalue weighted by atomic mass is 10.1. The largest absolute Gasteiger partial charge is 0.489 e. The van der Waals surface area contributed by atoms with E-state index in [9.17, 15) is 10.1 Å². The number of non-ortho nitro benzene ring substituents is 1. The standard InChI is InChI=1S/C15H17N3O3/c1-11-5-12(8-17-7-11)10-21-15-4-3-14(18(19)20)6-13(15)9-16-2/h3-8,16H,9-10H2,1-2H3. The van der Waals surface area contributed by atoms with Crippen molar-refractivity contribution in [2.24, 2.45) is 0 Å². The highest BCUT2D eigenvalue weighted by atomic mass is 16.6. The van der Waals surface area contributed by atoms with Crippen LogP contribution in [0, 0.1) is 17.0 Å². The summed E-state index contributed by atoms with van der Waals surface area (Å²) in [6, 6.07) is 6.60. The van der Waals surface area contributed by atoms with Crippen molar-refractivity contribution in [2.45, 2.75) is 20.1 Å². The van der Waals surface area contributed by atoms with E-state index >= 15 is 0 Å². The number of rotatable bonds is 6. The summed E-state index contributed by atoms with van der Waals surface area (Å²) in [5.41, 5.74) is 2.84. The van der Waals surface area contributed by atoms with Gasteiger partial charge in [0.25, 0.3) is 5.69 Å². The number of ether oxygens (including phenoxy) is 1. The summed E-state index contributed by atoms with van der Waals surface area (Å²) in [4.78, 5) is 14.5. The van der Waals surface area contributed by atoms with Gasteiger partial charge in [-0.2, -0.15) is 0 Å². The molecule has 2 aromatic rings. The Balaban J connectivity index is 2.16. The minimum absolute atomic E-state index is 0.0600. The molecule has 0 saturated heterocycles. The van der Waals surface area contributed by atoms with Crippen LogP contribution < -0.4 is 10.1 Å². The highest BCUT2D eigenvalue weighted by Gasteiger charge is 2.11. The van der Waals surface area contributed by atoms with Crippen molar-refractivity contribution >= 4 is 5.69 Å². The third-order valence-corrected chi connectivity index (χ3v) is 2.95. The molecule has 0 aliphatic heterocycles. The molecule has 6 heteroatoms. The first-order valence-electron chi connectivity index (χ1n) is 6.55. The van der Waals surface area contributed by atoms with Gasteiger partial charge in [-0.3, -0.25) is 15.1 Å². The normalized spacial score (nSPS) is 10.4. The molecule has 0 saturated carbocycles. The van der Waals surface area contributed by atoms with E-state index in [-0.39, 0.29) is 5.69 Å². The molecular weight excluding hydrogens is 270 g/mol. The number of pyridine rings is 1. The summed E-state index contributed by atoms with van der Waals surface area (Å²) in [6.07, 6.45) is 3.53. The van der Waals surface area contributed by atoms with Crippen molar-refractivity contribution in [2.75, 3.05) is 7.05 Å². The van der Waals surface area contributed by atoms with E-state index in [1.54, 1.807) is 25.5 Å². The summed E-state index contributed by atoms with van der Waals surface area (Å²) in [6.45, 7) is 2.85. The first kappa shape index (κ1) is 14.9. The molecule has 0 aliphatic rings. The van der Waals surface area contributed by atoms with Gasteiger partial charge < -0.3 is 10.1 Å². The molecule has 0 aliphatic carbocycles. The Bertz CT molecular complexity index is 644. The maximum atomic E-state index is 10.8. The van der Waals surface area contributed by atoms with E-state index in [1.807, 2.05) is 13.0 Å². The second-order valence-corrected chi connectivity index (χ2v) is 4.74. The molecular formula is C15H17N3O3. The van der Waals surface area contributed by atoms with Gasteiger partial charge in [-0.15, -0.1) is 0 Å². The molecule has 1 aromatic carbocycles. The van der Waals surface area contributed by atoms with Gasteiger partial charge in [0.05, 0.1) is 4.92 Å². The molecule has 2 rings (SSSR count). The molecule has 1 N–H and O–H groups in total. The molecule has 0 bridgehead atoms. The van der Waals surface area contributed by atoms with Crippen molar-refractivity contribution in [3.63, 3.8) is 0 Å². The number of aryl methyl sites for hydroxylation is 1. The lowest BCUT2D eigenvalue weighted by Gasteiger charge is -2.11. The van der Waals surface area contributed by atoms with Gasteiger partial charge in [-0.25, -0.2) is 0 Å². The van der Waals surface area contributed by atoms with E-state index in [4.69, 9.17) is 4.74 Å².